The molecule has 3 rings (SSSR count). The summed E-state index contributed by atoms with van der Waals surface area (Å²) in [6.45, 7) is 0. The molecule has 0 aliphatic rings. The molecule has 0 spiro atoms. The molecule has 0 saturated carbocycles. The van der Waals surface area contributed by atoms with Crippen molar-refractivity contribution in [1.29, 1.82) is 0 Å². The lowest BCUT2D eigenvalue weighted by Crippen LogP contribution is -1.94. The Bertz CT molecular complexity index is 783. The molecule has 0 radical (unpaired) electrons. The van der Waals surface area contributed by atoms with Crippen LogP contribution in [0.2, 0.25) is 10.0 Å². The molecule has 1 aromatic carbocycles. The molecule has 96 valence electrons. The molecule has 6 heteroatoms. The normalized spacial score (nSPS) is 11.1. The molecule has 0 bridgehead atoms. The summed E-state index contributed by atoms with van der Waals surface area (Å²) >= 11 is 15.7. The second kappa shape index (κ2) is 4.71. The number of nitrogens with zero attached hydrogens (tertiary/aromatic N) is 2. The number of pyridine rings is 1. The molecule has 0 unspecified atom stereocenters. The van der Waals surface area contributed by atoms with Crippen molar-refractivity contribution in [3.63, 3.8) is 0 Å². The van der Waals surface area contributed by atoms with Crippen LogP contribution in [0.4, 0.5) is 5.82 Å². The second-order valence-electron chi connectivity index (χ2n) is 4.02. The van der Waals surface area contributed by atoms with Gasteiger partial charge in [0.25, 0.3) is 0 Å². The van der Waals surface area contributed by atoms with E-state index in [1.807, 2.05) is 24.4 Å². The predicted molar refractivity (Wildman–Crippen MR) is 82.8 cm³/mol. The molecule has 0 fully saturated rings. The lowest BCUT2D eigenvalue weighted by atomic mass is 10.1. The maximum atomic E-state index is 6.21. The molecular formula is C13H8BrCl2N3. The van der Waals surface area contributed by atoms with E-state index in [9.17, 15) is 0 Å². The smallest absolute Gasteiger partial charge is 0.157 e. The summed E-state index contributed by atoms with van der Waals surface area (Å²) in [6.07, 6.45) is 1.82. The molecule has 3 aromatic rings. The molecule has 3 nitrogen and oxygen atoms in total. The van der Waals surface area contributed by atoms with E-state index in [-0.39, 0.29) is 0 Å². The minimum absolute atomic E-state index is 0.512. The van der Waals surface area contributed by atoms with Crippen molar-refractivity contribution >= 4 is 50.6 Å². The van der Waals surface area contributed by atoms with Crippen LogP contribution >= 0.6 is 39.1 Å². The number of fused-ring (bicyclic) bond motifs is 1. The van der Waals surface area contributed by atoms with Gasteiger partial charge in [0, 0.05) is 16.2 Å². The van der Waals surface area contributed by atoms with Crippen molar-refractivity contribution < 1.29 is 0 Å². The summed E-state index contributed by atoms with van der Waals surface area (Å²) in [5, 5.41) is 1.14. The zero-order valence-electron chi connectivity index (χ0n) is 9.57. The fourth-order valence-corrected chi connectivity index (χ4v) is 2.70. The Labute approximate surface area is 128 Å². The monoisotopic (exact) mass is 355 g/mol. The number of rotatable bonds is 1. The number of nitrogens with two attached hydrogens (primary N) is 1. The van der Waals surface area contributed by atoms with Crippen molar-refractivity contribution in [3.05, 3.63) is 51.0 Å². The lowest BCUT2D eigenvalue weighted by molar-refractivity contribution is 1.20. The molecule has 2 heterocycles. The molecule has 0 aliphatic heterocycles. The maximum Gasteiger partial charge on any atom is 0.157 e. The fraction of sp³-hybridized carbons (Fsp3) is 0. The van der Waals surface area contributed by atoms with Gasteiger partial charge in [-0.05, 0) is 30.3 Å². The van der Waals surface area contributed by atoms with Gasteiger partial charge in [-0.1, -0.05) is 39.1 Å². The topological polar surface area (TPSA) is 43.3 Å². The third kappa shape index (κ3) is 2.10. The van der Waals surface area contributed by atoms with Crippen LogP contribution in [0.5, 0.6) is 0 Å². The third-order valence-electron chi connectivity index (χ3n) is 2.82. The SMILES string of the molecule is Nc1c(-c2cc(Br)ccc2Cl)nc2c(Cl)cccn12. The minimum Gasteiger partial charge on any atom is -0.383 e. The van der Waals surface area contributed by atoms with Crippen LogP contribution in [0.1, 0.15) is 0 Å². The number of hydrogen-bond donors (Lipinski definition) is 1. The third-order valence-corrected chi connectivity index (χ3v) is 3.94. The van der Waals surface area contributed by atoms with E-state index < -0.39 is 0 Å². The highest BCUT2D eigenvalue weighted by molar-refractivity contribution is 9.10. The first-order valence-corrected chi connectivity index (χ1v) is 7.00. The average Bonchev–Trinajstić information content (AvgIpc) is 2.72. The molecule has 19 heavy (non-hydrogen) atoms. The van der Waals surface area contributed by atoms with Crippen molar-refractivity contribution in [2.24, 2.45) is 0 Å². The zero-order chi connectivity index (χ0) is 13.6. The van der Waals surface area contributed by atoms with E-state index in [2.05, 4.69) is 20.9 Å². The van der Waals surface area contributed by atoms with E-state index in [1.165, 1.54) is 0 Å². The first-order valence-electron chi connectivity index (χ1n) is 5.45. The number of anilines is 1. The van der Waals surface area contributed by atoms with Gasteiger partial charge in [0.15, 0.2) is 5.65 Å². The Morgan fingerprint density at radius 1 is 1.16 bits per heavy atom. The molecule has 0 atom stereocenters. The number of hydrogen-bond acceptors (Lipinski definition) is 2. The van der Waals surface area contributed by atoms with Gasteiger partial charge in [0.2, 0.25) is 0 Å². The first-order chi connectivity index (χ1) is 9.08. The molecule has 2 aromatic heterocycles. The molecule has 0 amide bonds. The lowest BCUT2D eigenvalue weighted by Gasteiger charge is -2.03. The van der Waals surface area contributed by atoms with Gasteiger partial charge >= 0.3 is 0 Å². The highest BCUT2D eigenvalue weighted by Gasteiger charge is 2.15. The minimum atomic E-state index is 0.512. The van der Waals surface area contributed by atoms with Gasteiger partial charge in [-0.15, -0.1) is 0 Å². The van der Waals surface area contributed by atoms with Crippen molar-refractivity contribution in [3.8, 4) is 11.3 Å². The van der Waals surface area contributed by atoms with E-state index >= 15 is 0 Å². The van der Waals surface area contributed by atoms with Crippen molar-refractivity contribution in [2.75, 3.05) is 5.73 Å². The summed E-state index contributed by atoms with van der Waals surface area (Å²) < 4.78 is 2.66. The molecule has 0 aliphatic carbocycles. The molecule has 2 N–H and O–H groups in total. The van der Waals surface area contributed by atoms with Crippen LogP contribution in [-0.2, 0) is 0 Å². The quantitative estimate of drug-likeness (QED) is 0.689. The van der Waals surface area contributed by atoms with E-state index in [4.69, 9.17) is 28.9 Å². The van der Waals surface area contributed by atoms with Gasteiger partial charge < -0.3 is 5.73 Å². The predicted octanol–water partition coefficient (Wildman–Crippen LogP) is 4.65. The van der Waals surface area contributed by atoms with Crippen LogP contribution in [0.3, 0.4) is 0 Å². The second-order valence-corrected chi connectivity index (χ2v) is 5.75. The van der Waals surface area contributed by atoms with Gasteiger partial charge in [-0.2, -0.15) is 0 Å². The Morgan fingerprint density at radius 2 is 1.95 bits per heavy atom. The van der Waals surface area contributed by atoms with Gasteiger partial charge in [0.1, 0.15) is 11.5 Å². The van der Waals surface area contributed by atoms with Crippen LogP contribution in [0, 0.1) is 0 Å². The van der Waals surface area contributed by atoms with Crippen molar-refractivity contribution in [2.45, 2.75) is 0 Å². The number of aromatic nitrogens is 2. The summed E-state index contributed by atoms with van der Waals surface area (Å²) in [5.74, 6) is 0.512. The Kier molecular flexibility index (Phi) is 3.17. The first kappa shape index (κ1) is 12.8. The molecular weight excluding hydrogens is 349 g/mol. The summed E-state index contributed by atoms with van der Waals surface area (Å²) in [5.41, 5.74) is 8.14. The van der Waals surface area contributed by atoms with Crippen LogP contribution < -0.4 is 5.73 Å². The Morgan fingerprint density at radius 3 is 2.68 bits per heavy atom. The summed E-state index contributed by atoms with van der Waals surface area (Å²) in [7, 11) is 0. The van der Waals surface area contributed by atoms with Gasteiger partial charge in [0.05, 0.1) is 10.0 Å². The summed E-state index contributed by atoms with van der Waals surface area (Å²) in [4.78, 5) is 4.48. The fourth-order valence-electron chi connectivity index (χ4n) is 1.93. The standard InChI is InChI=1S/C13H8BrCl2N3/c14-7-3-4-9(15)8(6-7)11-12(17)19-5-1-2-10(16)13(19)18-11/h1-6H,17H2. The van der Waals surface area contributed by atoms with E-state index in [0.717, 1.165) is 10.0 Å². The van der Waals surface area contributed by atoms with Gasteiger partial charge in [-0.25, -0.2) is 4.98 Å². The van der Waals surface area contributed by atoms with E-state index in [0.29, 0.717) is 27.2 Å². The number of imidazole rings is 1. The van der Waals surface area contributed by atoms with E-state index in [1.54, 1.807) is 16.5 Å². The average molecular weight is 357 g/mol. The van der Waals surface area contributed by atoms with Gasteiger partial charge in [-0.3, -0.25) is 4.40 Å². The number of halogens is 3. The maximum absolute atomic E-state index is 6.21. The van der Waals surface area contributed by atoms with Crippen molar-refractivity contribution in [1.82, 2.24) is 9.38 Å². The Hall–Kier alpha value is -1.23. The zero-order valence-corrected chi connectivity index (χ0v) is 12.7. The van der Waals surface area contributed by atoms with Crippen LogP contribution in [-0.4, -0.2) is 9.38 Å². The van der Waals surface area contributed by atoms with Crippen LogP contribution in [0.25, 0.3) is 16.9 Å². The summed E-state index contributed by atoms with van der Waals surface area (Å²) in [6, 6.07) is 9.14. The molecule has 0 saturated heterocycles. The Balaban J connectivity index is 2.34. The highest BCUT2D eigenvalue weighted by Crippen LogP contribution is 2.35. The largest absolute Gasteiger partial charge is 0.383 e. The highest BCUT2D eigenvalue weighted by atomic mass is 79.9. The van der Waals surface area contributed by atoms with Crippen LogP contribution in [0.15, 0.2) is 41.0 Å². The number of nitrogen functional groups attached to an aromatic ring is 1. The number of benzene rings is 1.